The highest BCUT2D eigenvalue weighted by Gasteiger charge is 2.49. The predicted molar refractivity (Wildman–Crippen MR) is 131 cm³/mol. The lowest BCUT2D eigenvalue weighted by atomic mass is 9.95. The molecule has 0 unspecified atom stereocenters. The highest BCUT2D eigenvalue weighted by molar-refractivity contribution is 5.60. The Labute approximate surface area is 206 Å². The van der Waals surface area contributed by atoms with Crippen LogP contribution in [-0.2, 0) is 48.3 Å². The Balaban J connectivity index is 1.51. The SMILES string of the molecule is CO[C@]1(C=O)C[C@H](OCc2ccccc2)[C@H](OCc2ccccc2)[C@@H](COCc2ccccc2)O1. The molecule has 0 N–H and O–H groups in total. The van der Waals surface area contributed by atoms with Gasteiger partial charge in [-0.05, 0) is 16.7 Å². The van der Waals surface area contributed by atoms with Gasteiger partial charge < -0.3 is 23.7 Å². The summed E-state index contributed by atoms with van der Waals surface area (Å²) in [6.45, 7) is 1.41. The van der Waals surface area contributed by atoms with E-state index in [1.165, 1.54) is 7.11 Å². The molecule has 1 saturated heterocycles. The van der Waals surface area contributed by atoms with E-state index in [2.05, 4.69) is 0 Å². The van der Waals surface area contributed by atoms with E-state index in [9.17, 15) is 4.79 Å². The zero-order chi connectivity index (χ0) is 24.3. The lowest BCUT2D eigenvalue weighted by Gasteiger charge is -2.45. The maximum Gasteiger partial charge on any atom is 0.228 e. The van der Waals surface area contributed by atoms with Gasteiger partial charge in [0.15, 0.2) is 6.29 Å². The Bertz CT molecular complexity index is 1010. The summed E-state index contributed by atoms with van der Waals surface area (Å²) in [6, 6.07) is 29.8. The highest BCUT2D eigenvalue weighted by atomic mass is 16.7. The van der Waals surface area contributed by atoms with Crippen molar-refractivity contribution in [1.82, 2.24) is 0 Å². The molecular formula is C29H32O6. The average molecular weight is 477 g/mol. The predicted octanol–water partition coefficient (Wildman–Crippen LogP) is 4.70. The van der Waals surface area contributed by atoms with Crippen molar-refractivity contribution in [1.29, 1.82) is 0 Å². The van der Waals surface area contributed by atoms with E-state index in [0.717, 1.165) is 16.7 Å². The smallest absolute Gasteiger partial charge is 0.228 e. The zero-order valence-corrected chi connectivity index (χ0v) is 20.0. The molecule has 3 aromatic rings. The monoisotopic (exact) mass is 476 g/mol. The molecule has 4 rings (SSSR count). The lowest BCUT2D eigenvalue weighted by molar-refractivity contribution is -0.308. The lowest BCUT2D eigenvalue weighted by Crippen LogP contribution is -2.59. The molecule has 0 bridgehead atoms. The van der Waals surface area contributed by atoms with Crippen LogP contribution in [-0.4, -0.2) is 44.1 Å². The van der Waals surface area contributed by atoms with Crippen LogP contribution in [0, 0.1) is 0 Å². The first kappa shape index (κ1) is 25.2. The van der Waals surface area contributed by atoms with Crippen molar-refractivity contribution in [3.63, 3.8) is 0 Å². The Hall–Kier alpha value is -2.87. The summed E-state index contributed by atoms with van der Waals surface area (Å²) in [4.78, 5) is 12.1. The fraction of sp³-hybridized carbons (Fsp3) is 0.345. The number of benzene rings is 3. The molecule has 0 spiro atoms. The first-order chi connectivity index (χ1) is 17.2. The molecular weight excluding hydrogens is 444 g/mol. The number of hydrogen-bond donors (Lipinski definition) is 0. The van der Waals surface area contributed by atoms with Crippen LogP contribution in [0.2, 0.25) is 0 Å². The Morgan fingerprint density at radius 2 is 1.31 bits per heavy atom. The van der Waals surface area contributed by atoms with E-state index in [-0.39, 0.29) is 13.0 Å². The van der Waals surface area contributed by atoms with E-state index >= 15 is 0 Å². The number of ether oxygens (including phenoxy) is 5. The summed E-state index contributed by atoms with van der Waals surface area (Å²) in [7, 11) is 1.47. The molecule has 0 saturated carbocycles. The second-order valence-corrected chi connectivity index (χ2v) is 8.59. The Kier molecular flexibility index (Phi) is 9.17. The third-order valence-electron chi connectivity index (χ3n) is 6.08. The van der Waals surface area contributed by atoms with Gasteiger partial charge in [0.25, 0.3) is 0 Å². The minimum absolute atomic E-state index is 0.217. The summed E-state index contributed by atoms with van der Waals surface area (Å²) in [5, 5.41) is 0. The van der Waals surface area contributed by atoms with Gasteiger partial charge in [0.1, 0.15) is 12.2 Å². The molecule has 1 aliphatic rings. The van der Waals surface area contributed by atoms with Gasteiger partial charge in [0.05, 0.1) is 32.5 Å². The van der Waals surface area contributed by atoms with E-state index in [4.69, 9.17) is 23.7 Å². The third-order valence-corrected chi connectivity index (χ3v) is 6.08. The van der Waals surface area contributed by atoms with Gasteiger partial charge in [0.2, 0.25) is 5.79 Å². The van der Waals surface area contributed by atoms with Crippen molar-refractivity contribution in [2.75, 3.05) is 13.7 Å². The summed E-state index contributed by atoms with van der Waals surface area (Å²) in [6.07, 6.45) is -0.555. The van der Waals surface area contributed by atoms with Crippen LogP contribution in [0.15, 0.2) is 91.0 Å². The first-order valence-corrected chi connectivity index (χ1v) is 11.8. The van der Waals surface area contributed by atoms with Gasteiger partial charge in [-0.15, -0.1) is 0 Å². The second kappa shape index (κ2) is 12.7. The van der Waals surface area contributed by atoms with Gasteiger partial charge in [-0.2, -0.15) is 0 Å². The van der Waals surface area contributed by atoms with Crippen LogP contribution in [0.4, 0.5) is 0 Å². The normalized spacial score (nSPS) is 24.2. The molecule has 0 amide bonds. The molecule has 4 atom stereocenters. The molecule has 35 heavy (non-hydrogen) atoms. The van der Waals surface area contributed by atoms with E-state index in [1.807, 2.05) is 91.0 Å². The highest BCUT2D eigenvalue weighted by Crippen LogP contribution is 2.33. The van der Waals surface area contributed by atoms with Crippen molar-refractivity contribution < 1.29 is 28.5 Å². The van der Waals surface area contributed by atoms with Gasteiger partial charge in [-0.25, -0.2) is 0 Å². The van der Waals surface area contributed by atoms with Crippen molar-refractivity contribution in [2.24, 2.45) is 0 Å². The summed E-state index contributed by atoms with van der Waals surface area (Å²) < 4.78 is 30.4. The molecule has 3 aromatic carbocycles. The molecule has 6 heteroatoms. The maximum atomic E-state index is 12.1. The van der Waals surface area contributed by atoms with Gasteiger partial charge in [-0.3, -0.25) is 4.79 Å². The number of methoxy groups -OCH3 is 1. The molecule has 1 fully saturated rings. The molecule has 6 nitrogen and oxygen atoms in total. The Morgan fingerprint density at radius 1 is 0.800 bits per heavy atom. The fourth-order valence-corrected chi connectivity index (χ4v) is 4.17. The van der Waals surface area contributed by atoms with E-state index in [0.29, 0.717) is 26.1 Å². The minimum atomic E-state index is -1.42. The number of carbonyl (C=O) groups excluding carboxylic acids is 1. The molecule has 0 aliphatic carbocycles. The quantitative estimate of drug-likeness (QED) is 0.353. The average Bonchev–Trinajstić information content (AvgIpc) is 2.93. The Morgan fingerprint density at radius 3 is 1.83 bits per heavy atom. The third kappa shape index (κ3) is 7.07. The summed E-state index contributed by atoms with van der Waals surface area (Å²) in [5.74, 6) is -1.42. The zero-order valence-electron chi connectivity index (χ0n) is 20.0. The number of hydrogen-bond acceptors (Lipinski definition) is 6. The van der Waals surface area contributed by atoms with Crippen LogP contribution >= 0.6 is 0 Å². The molecule has 0 radical (unpaired) electrons. The van der Waals surface area contributed by atoms with Crippen molar-refractivity contribution >= 4 is 6.29 Å². The van der Waals surface area contributed by atoms with Gasteiger partial charge in [-0.1, -0.05) is 91.0 Å². The molecule has 1 aliphatic heterocycles. The maximum absolute atomic E-state index is 12.1. The minimum Gasteiger partial charge on any atom is -0.374 e. The van der Waals surface area contributed by atoms with Crippen LogP contribution in [0.5, 0.6) is 0 Å². The second-order valence-electron chi connectivity index (χ2n) is 8.59. The molecule has 1 heterocycles. The van der Waals surface area contributed by atoms with Crippen molar-refractivity contribution in [2.45, 2.75) is 50.3 Å². The largest absolute Gasteiger partial charge is 0.374 e. The molecule has 184 valence electrons. The van der Waals surface area contributed by atoms with Crippen LogP contribution in [0.3, 0.4) is 0 Å². The first-order valence-electron chi connectivity index (χ1n) is 11.8. The van der Waals surface area contributed by atoms with Gasteiger partial charge >= 0.3 is 0 Å². The van der Waals surface area contributed by atoms with Crippen LogP contribution in [0.25, 0.3) is 0 Å². The standard InChI is InChI=1S/C29H32O6/c1-31-29(22-30)17-26(33-19-24-13-7-3-8-14-24)28(34-20-25-15-9-4-10-16-25)27(35-29)21-32-18-23-11-5-2-6-12-23/h2-16,22,26-28H,17-21H2,1H3/t26-,27+,28-,29+/m0/s1. The fourth-order valence-electron chi connectivity index (χ4n) is 4.17. The van der Waals surface area contributed by atoms with E-state index < -0.39 is 24.1 Å². The van der Waals surface area contributed by atoms with Crippen LogP contribution in [0.1, 0.15) is 23.1 Å². The van der Waals surface area contributed by atoms with E-state index in [1.54, 1.807) is 0 Å². The van der Waals surface area contributed by atoms with Gasteiger partial charge in [0, 0.05) is 13.5 Å². The summed E-state index contributed by atoms with van der Waals surface area (Å²) in [5.41, 5.74) is 3.12. The summed E-state index contributed by atoms with van der Waals surface area (Å²) >= 11 is 0. The molecule has 0 aromatic heterocycles. The topological polar surface area (TPSA) is 63.2 Å². The van der Waals surface area contributed by atoms with Crippen molar-refractivity contribution in [3.05, 3.63) is 108 Å². The number of carbonyl (C=O) groups is 1. The van der Waals surface area contributed by atoms with Crippen LogP contribution < -0.4 is 0 Å². The number of aldehydes is 1. The number of rotatable bonds is 12. The van der Waals surface area contributed by atoms with Crippen molar-refractivity contribution in [3.8, 4) is 0 Å².